The van der Waals surface area contributed by atoms with Crippen molar-refractivity contribution in [2.45, 2.75) is 11.1 Å². The summed E-state index contributed by atoms with van der Waals surface area (Å²) < 4.78 is 45.8. The lowest BCUT2D eigenvalue weighted by atomic mass is 10.1. The van der Waals surface area contributed by atoms with Crippen molar-refractivity contribution in [3.05, 3.63) is 71.7 Å². The summed E-state index contributed by atoms with van der Waals surface area (Å²) in [5.74, 6) is -1.54. The molecule has 3 aromatic rings. The molecular formula is C21H14F3N3O4S. The number of fused-ring (bicyclic) bond motifs is 1. The minimum atomic E-state index is -4.80. The lowest BCUT2D eigenvalue weighted by molar-refractivity contribution is -0.136. The van der Waals surface area contributed by atoms with E-state index in [1.807, 2.05) is 0 Å². The molecule has 0 saturated carbocycles. The molecule has 0 atom stereocenters. The van der Waals surface area contributed by atoms with Crippen LogP contribution in [-0.4, -0.2) is 23.5 Å². The fraction of sp³-hybridized carbons (Fsp3) is 0.0952. The first kappa shape index (κ1) is 21.5. The monoisotopic (exact) mass is 461 g/mol. The molecule has 0 bridgehead atoms. The molecule has 7 nitrogen and oxygen atoms in total. The largest absolute Gasteiger partial charge is 0.459 e. The number of thioether (sulfide) groups is 1. The number of halogens is 3. The molecule has 0 unspecified atom stereocenters. The van der Waals surface area contributed by atoms with Crippen LogP contribution >= 0.6 is 11.8 Å². The van der Waals surface area contributed by atoms with Crippen molar-refractivity contribution in [1.29, 1.82) is 0 Å². The molecule has 1 aliphatic heterocycles. The van der Waals surface area contributed by atoms with Crippen LogP contribution in [0.25, 0.3) is 0 Å². The minimum absolute atomic E-state index is 0.0615. The quantitative estimate of drug-likeness (QED) is 0.516. The van der Waals surface area contributed by atoms with Crippen LogP contribution in [0.15, 0.2) is 64.1 Å². The normalized spacial score (nSPS) is 13.2. The lowest BCUT2D eigenvalue weighted by Gasteiger charge is -2.18. The molecule has 1 aromatic heterocycles. The number of rotatable bonds is 4. The number of anilines is 3. The third kappa shape index (κ3) is 4.62. The number of carbonyl (C=O) groups excluding carboxylic acids is 3. The summed E-state index contributed by atoms with van der Waals surface area (Å²) in [6, 6.07) is 10.3. The third-order valence-corrected chi connectivity index (χ3v) is 5.52. The highest BCUT2D eigenvalue weighted by Crippen LogP contribution is 2.37. The fourth-order valence-corrected chi connectivity index (χ4v) is 3.77. The number of furan rings is 1. The van der Waals surface area contributed by atoms with Gasteiger partial charge in [-0.05, 0) is 48.5 Å². The second-order valence-electron chi connectivity index (χ2n) is 6.69. The van der Waals surface area contributed by atoms with Crippen LogP contribution < -0.4 is 16.0 Å². The van der Waals surface area contributed by atoms with Crippen molar-refractivity contribution in [2.75, 3.05) is 21.7 Å². The van der Waals surface area contributed by atoms with Gasteiger partial charge in [0.05, 0.1) is 29.0 Å². The SMILES string of the molecule is O=C1CSc2ccc(C(=O)Nc3ccc(NC(=O)c4ccco4)cc3C(F)(F)F)cc2N1. The van der Waals surface area contributed by atoms with Gasteiger partial charge in [-0.2, -0.15) is 13.2 Å². The first-order chi connectivity index (χ1) is 15.2. The molecule has 3 amide bonds. The smallest absolute Gasteiger partial charge is 0.418 e. The minimum Gasteiger partial charge on any atom is -0.459 e. The number of alkyl halides is 3. The Morgan fingerprint density at radius 1 is 1.03 bits per heavy atom. The van der Waals surface area contributed by atoms with E-state index < -0.39 is 29.2 Å². The summed E-state index contributed by atoms with van der Waals surface area (Å²) in [7, 11) is 0. The van der Waals surface area contributed by atoms with Gasteiger partial charge in [0.15, 0.2) is 5.76 Å². The van der Waals surface area contributed by atoms with Gasteiger partial charge in [0.25, 0.3) is 11.8 Å². The van der Waals surface area contributed by atoms with E-state index in [1.165, 1.54) is 48.4 Å². The molecule has 4 rings (SSSR count). The van der Waals surface area contributed by atoms with Crippen LogP contribution in [0.2, 0.25) is 0 Å². The van der Waals surface area contributed by atoms with E-state index in [0.717, 1.165) is 17.0 Å². The number of nitrogens with one attached hydrogen (secondary N) is 3. The van der Waals surface area contributed by atoms with Gasteiger partial charge in [0.2, 0.25) is 5.91 Å². The third-order valence-electron chi connectivity index (χ3n) is 4.45. The fourth-order valence-electron chi connectivity index (χ4n) is 2.98. The van der Waals surface area contributed by atoms with Crippen LogP contribution in [0.4, 0.5) is 30.2 Å². The Hall–Kier alpha value is -3.73. The van der Waals surface area contributed by atoms with Gasteiger partial charge < -0.3 is 20.4 Å². The highest BCUT2D eigenvalue weighted by atomic mass is 32.2. The zero-order valence-electron chi connectivity index (χ0n) is 16.1. The van der Waals surface area contributed by atoms with Crippen molar-refractivity contribution < 1.29 is 32.0 Å². The number of hydrogen-bond donors (Lipinski definition) is 3. The van der Waals surface area contributed by atoms with Crippen molar-refractivity contribution in [1.82, 2.24) is 0 Å². The Balaban J connectivity index is 1.57. The van der Waals surface area contributed by atoms with Gasteiger partial charge in [-0.15, -0.1) is 11.8 Å². The molecule has 3 N–H and O–H groups in total. The average Bonchev–Trinajstić information content (AvgIpc) is 3.28. The zero-order chi connectivity index (χ0) is 22.9. The Morgan fingerprint density at radius 2 is 1.84 bits per heavy atom. The Labute approximate surface area is 183 Å². The second-order valence-corrected chi connectivity index (χ2v) is 7.71. The van der Waals surface area contributed by atoms with Crippen molar-refractivity contribution in [2.24, 2.45) is 0 Å². The topological polar surface area (TPSA) is 100 Å². The molecule has 1 aliphatic rings. The molecule has 164 valence electrons. The molecule has 0 aliphatic carbocycles. The van der Waals surface area contributed by atoms with E-state index in [-0.39, 0.29) is 28.7 Å². The lowest BCUT2D eigenvalue weighted by Crippen LogP contribution is -2.20. The Kier molecular flexibility index (Phi) is 5.66. The summed E-state index contributed by atoms with van der Waals surface area (Å²) >= 11 is 1.30. The molecule has 32 heavy (non-hydrogen) atoms. The van der Waals surface area contributed by atoms with E-state index in [9.17, 15) is 27.6 Å². The summed E-state index contributed by atoms with van der Waals surface area (Å²) in [5, 5.41) is 7.19. The summed E-state index contributed by atoms with van der Waals surface area (Å²) in [4.78, 5) is 36.9. The van der Waals surface area contributed by atoms with Crippen LogP contribution in [0.1, 0.15) is 26.5 Å². The number of hydrogen-bond acceptors (Lipinski definition) is 5. The first-order valence-corrected chi connectivity index (χ1v) is 10.1. The highest BCUT2D eigenvalue weighted by molar-refractivity contribution is 8.00. The zero-order valence-corrected chi connectivity index (χ0v) is 16.9. The van der Waals surface area contributed by atoms with E-state index in [0.29, 0.717) is 5.69 Å². The van der Waals surface area contributed by atoms with Crippen molar-refractivity contribution in [3.63, 3.8) is 0 Å². The van der Waals surface area contributed by atoms with E-state index in [2.05, 4.69) is 16.0 Å². The van der Waals surface area contributed by atoms with Gasteiger partial charge in [-0.1, -0.05) is 0 Å². The van der Waals surface area contributed by atoms with Crippen LogP contribution in [0, 0.1) is 0 Å². The summed E-state index contributed by atoms with van der Waals surface area (Å²) in [6.45, 7) is 0. The molecule has 0 fully saturated rings. The first-order valence-electron chi connectivity index (χ1n) is 9.15. The van der Waals surface area contributed by atoms with Crippen LogP contribution in [-0.2, 0) is 11.0 Å². The molecule has 2 heterocycles. The molecular weight excluding hydrogens is 447 g/mol. The Morgan fingerprint density at radius 3 is 2.56 bits per heavy atom. The standard InChI is InChI=1S/C21H14F3N3O4S/c22-21(23,24)13-9-12(25-20(30)16-2-1-7-31-16)4-5-14(13)27-19(29)11-3-6-17-15(8-11)26-18(28)10-32-17/h1-9H,10H2,(H,25,30)(H,26,28)(H,27,29). The van der Waals surface area contributed by atoms with E-state index in [1.54, 1.807) is 6.07 Å². The van der Waals surface area contributed by atoms with Gasteiger partial charge in [0, 0.05) is 16.1 Å². The van der Waals surface area contributed by atoms with Gasteiger partial charge in [-0.25, -0.2) is 0 Å². The molecule has 0 spiro atoms. The van der Waals surface area contributed by atoms with Crippen molar-refractivity contribution in [3.8, 4) is 0 Å². The van der Waals surface area contributed by atoms with Gasteiger partial charge in [0.1, 0.15) is 0 Å². The molecule has 0 saturated heterocycles. The van der Waals surface area contributed by atoms with E-state index in [4.69, 9.17) is 4.42 Å². The van der Waals surface area contributed by atoms with Crippen LogP contribution in [0.5, 0.6) is 0 Å². The van der Waals surface area contributed by atoms with Crippen LogP contribution in [0.3, 0.4) is 0 Å². The second kappa shape index (κ2) is 8.42. The molecule has 11 heteroatoms. The summed E-state index contributed by atoms with van der Waals surface area (Å²) in [5.41, 5.74) is -1.23. The number of benzene rings is 2. The Bertz CT molecular complexity index is 1210. The number of amides is 3. The van der Waals surface area contributed by atoms with Crippen molar-refractivity contribution >= 4 is 46.5 Å². The van der Waals surface area contributed by atoms with E-state index >= 15 is 0 Å². The van der Waals surface area contributed by atoms with Gasteiger partial charge >= 0.3 is 6.18 Å². The molecule has 2 aromatic carbocycles. The van der Waals surface area contributed by atoms with Gasteiger partial charge in [-0.3, -0.25) is 14.4 Å². The average molecular weight is 461 g/mol. The summed E-state index contributed by atoms with van der Waals surface area (Å²) in [6.07, 6.45) is -3.53. The highest BCUT2D eigenvalue weighted by Gasteiger charge is 2.34. The molecule has 0 radical (unpaired) electrons. The number of carbonyl (C=O) groups is 3. The maximum Gasteiger partial charge on any atom is 0.418 e. The maximum atomic E-state index is 13.6. The predicted molar refractivity (Wildman–Crippen MR) is 112 cm³/mol. The predicted octanol–water partition coefficient (Wildman–Crippen LogP) is 4.85. The maximum absolute atomic E-state index is 13.6.